The zero-order valence-electron chi connectivity index (χ0n) is 11.6. The van der Waals surface area contributed by atoms with Crippen molar-refractivity contribution in [1.82, 2.24) is 0 Å². The molecule has 0 saturated carbocycles. The van der Waals surface area contributed by atoms with Crippen LogP contribution < -0.4 is 5.32 Å². The molecule has 1 fully saturated rings. The van der Waals surface area contributed by atoms with Crippen LogP contribution in [0.2, 0.25) is 0 Å². The Morgan fingerprint density at radius 2 is 1.90 bits per heavy atom. The summed E-state index contributed by atoms with van der Waals surface area (Å²) in [7, 11) is 0. The maximum Gasteiger partial charge on any atom is 0.292 e. The number of nitrogens with one attached hydrogen (secondary N) is 1. The highest BCUT2D eigenvalue weighted by Crippen LogP contribution is 2.29. The predicted octanol–water partition coefficient (Wildman–Crippen LogP) is 0.143. The summed E-state index contributed by atoms with van der Waals surface area (Å²) >= 11 is 0. The van der Waals surface area contributed by atoms with E-state index in [1.165, 1.54) is 19.1 Å². The average Bonchev–Trinajstić information content (AvgIpc) is 2.44. The molecule has 1 aliphatic heterocycles. The molecule has 0 aromatic heterocycles. The summed E-state index contributed by atoms with van der Waals surface area (Å²) in [6, 6.07) is 4.58. The van der Waals surface area contributed by atoms with Crippen LogP contribution in [0.3, 0.4) is 0 Å². The van der Waals surface area contributed by atoms with Crippen LogP contribution in [0.4, 0.5) is 11.4 Å². The van der Waals surface area contributed by atoms with Crippen LogP contribution in [-0.2, 0) is 4.74 Å². The van der Waals surface area contributed by atoms with Crippen molar-refractivity contribution in [3.05, 3.63) is 33.9 Å². The molecule has 0 spiro atoms. The van der Waals surface area contributed by atoms with Gasteiger partial charge in [-0.1, -0.05) is 6.07 Å². The number of nitrogens with zero attached hydrogens (tertiary/aromatic N) is 1. The van der Waals surface area contributed by atoms with Crippen molar-refractivity contribution in [3.63, 3.8) is 0 Å². The van der Waals surface area contributed by atoms with E-state index in [1.807, 2.05) is 0 Å². The van der Waals surface area contributed by atoms with Crippen molar-refractivity contribution >= 4 is 11.4 Å². The number of benzene rings is 1. The summed E-state index contributed by atoms with van der Waals surface area (Å²) in [5.74, 6) is 0. The van der Waals surface area contributed by atoms with Crippen LogP contribution in [0.15, 0.2) is 18.2 Å². The van der Waals surface area contributed by atoms with Gasteiger partial charge in [-0.3, -0.25) is 10.1 Å². The third kappa shape index (κ3) is 3.13. The number of nitro groups is 1. The first-order chi connectivity index (χ1) is 9.81. The minimum Gasteiger partial charge on any atom is -0.388 e. The molecule has 1 aromatic carbocycles. The Morgan fingerprint density at radius 1 is 1.24 bits per heavy atom. The molecule has 8 heteroatoms. The number of aliphatic hydroxyl groups is 3. The van der Waals surface area contributed by atoms with E-state index in [4.69, 9.17) is 4.74 Å². The topological polar surface area (TPSA) is 125 Å². The number of anilines is 1. The van der Waals surface area contributed by atoms with Gasteiger partial charge in [-0.2, -0.15) is 0 Å². The van der Waals surface area contributed by atoms with Crippen molar-refractivity contribution in [2.75, 3.05) is 5.32 Å². The quantitative estimate of drug-likeness (QED) is 0.462. The van der Waals surface area contributed by atoms with Crippen LogP contribution in [0, 0.1) is 17.0 Å². The van der Waals surface area contributed by atoms with Gasteiger partial charge in [0.1, 0.15) is 24.0 Å². The second-order valence-corrected chi connectivity index (χ2v) is 5.16. The van der Waals surface area contributed by atoms with Crippen molar-refractivity contribution in [2.45, 2.75) is 44.5 Å². The second kappa shape index (κ2) is 5.94. The van der Waals surface area contributed by atoms with E-state index < -0.39 is 35.6 Å². The number of hydrogen-bond donors (Lipinski definition) is 4. The maximum absolute atomic E-state index is 11.1. The SMILES string of the molecule is Cc1ccc(N[C@@H]2O[C@H](C)[C@H](O)[C@H](O)[C@@H]2O)c([N+](=O)[O-])c1. The van der Waals surface area contributed by atoms with Gasteiger partial charge in [0, 0.05) is 6.07 Å². The fourth-order valence-electron chi connectivity index (χ4n) is 2.24. The maximum atomic E-state index is 11.1. The Balaban J connectivity index is 2.24. The van der Waals surface area contributed by atoms with Crippen molar-refractivity contribution in [1.29, 1.82) is 0 Å². The Morgan fingerprint density at radius 3 is 2.52 bits per heavy atom. The van der Waals surface area contributed by atoms with Crippen molar-refractivity contribution < 1.29 is 25.0 Å². The van der Waals surface area contributed by atoms with E-state index in [0.29, 0.717) is 0 Å². The molecule has 0 bridgehead atoms. The van der Waals surface area contributed by atoms with Gasteiger partial charge in [0.15, 0.2) is 6.23 Å². The molecular formula is C13H18N2O6. The van der Waals surface area contributed by atoms with Crippen LogP contribution in [-0.4, -0.2) is 50.9 Å². The summed E-state index contributed by atoms with van der Waals surface area (Å²) < 4.78 is 5.36. The lowest BCUT2D eigenvalue weighted by Gasteiger charge is -2.39. The lowest BCUT2D eigenvalue weighted by Crippen LogP contribution is -2.58. The van der Waals surface area contributed by atoms with Gasteiger partial charge >= 0.3 is 0 Å². The number of aliphatic hydroxyl groups excluding tert-OH is 3. The van der Waals surface area contributed by atoms with E-state index in [9.17, 15) is 25.4 Å². The lowest BCUT2D eigenvalue weighted by molar-refractivity contribution is -0.384. The fraction of sp³-hybridized carbons (Fsp3) is 0.538. The Bertz CT molecular complexity index is 537. The number of ether oxygens (including phenoxy) is 1. The normalized spacial score (nSPS) is 32.7. The molecule has 116 valence electrons. The summed E-state index contributed by atoms with van der Waals surface area (Å²) in [5.41, 5.74) is 0.741. The third-order valence-corrected chi connectivity index (χ3v) is 3.50. The van der Waals surface area contributed by atoms with Crippen molar-refractivity contribution in [2.24, 2.45) is 0 Å². The first kappa shape index (κ1) is 15.6. The molecule has 0 radical (unpaired) electrons. The highest BCUT2D eigenvalue weighted by atomic mass is 16.6. The van der Waals surface area contributed by atoms with E-state index >= 15 is 0 Å². The highest BCUT2D eigenvalue weighted by molar-refractivity contribution is 5.62. The Hall–Kier alpha value is -1.74. The van der Waals surface area contributed by atoms with Gasteiger partial charge < -0.3 is 25.4 Å². The van der Waals surface area contributed by atoms with Gasteiger partial charge in [0.05, 0.1) is 11.0 Å². The molecule has 1 saturated heterocycles. The highest BCUT2D eigenvalue weighted by Gasteiger charge is 2.42. The summed E-state index contributed by atoms with van der Waals surface area (Å²) in [6.45, 7) is 3.27. The molecule has 0 unspecified atom stereocenters. The van der Waals surface area contributed by atoms with Crippen LogP contribution in [0.5, 0.6) is 0 Å². The molecule has 2 rings (SSSR count). The number of nitro benzene ring substituents is 1. The largest absolute Gasteiger partial charge is 0.388 e. The van der Waals surface area contributed by atoms with Gasteiger partial charge in [0.2, 0.25) is 0 Å². The van der Waals surface area contributed by atoms with Crippen molar-refractivity contribution in [3.8, 4) is 0 Å². The molecule has 21 heavy (non-hydrogen) atoms. The lowest BCUT2D eigenvalue weighted by atomic mass is 9.99. The van der Waals surface area contributed by atoms with E-state index in [0.717, 1.165) is 5.56 Å². The van der Waals surface area contributed by atoms with E-state index in [2.05, 4.69) is 5.32 Å². The average molecular weight is 298 g/mol. The first-order valence-electron chi connectivity index (χ1n) is 6.52. The molecule has 1 aliphatic rings. The smallest absolute Gasteiger partial charge is 0.292 e. The van der Waals surface area contributed by atoms with Crippen LogP contribution >= 0.6 is 0 Å². The molecule has 1 aromatic rings. The standard InChI is InChI=1S/C13H18N2O6/c1-6-3-4-8(9(5-6)15(19)20)14-13-12(18)11(17)10(16)7(2)21-13/h3-5,7,10-14,16-18H,1-2H3/t7-,10+,11+,12+,13-/m1/s1. The molecule has 1 heterocycles. The van der Waals surface area contributed by atoms with Crippen LogP contribution in [0.1, 0.15) is 12.5 Å². The Labute approximate surface area is 121 Å². The van der Waals surface area contributed by atoms with Gasteiger partial charge in [-0.15, -0.1) is 0 Å². The molecule has 4 N–H and O–H groups in total. The van der Waals surface area contributed by atoms with Gasteiger partial charge in [-0.05, 0) is 25.5 Å². The number of aryl methyl sites for hydroxylation is 1. The van der Waals surface area contributed by atoms with E-state index in [-0.39, 0.29) is 11.4 Å². The zero-order chi connectivity index (χ0) is 15.7. The molecular weight excluding hydrogens is 280 g/mol. The molecule has 0 amide bonds. The van der Waals surface area contributed by atoms with Gasteiger partial charge in [0.25, 0.3) is 5.69 Å². The summed E-state index contributed by atoms with van der Waals surface area (Å²) in [4.78, 5) is 10.5. The second-order valence-electron chi connectivity index (χ2n) is 5.16. The summed E-state index contributed by atoms with van der Waals surface area (Å²) in [5, 5.41) is 43.0. The predicted molar refractivity (Wildman–Crippen MR) is 73.8 cm³/mol. The molecule has 0 aliphatic carbocycles. The molecule has 5 atom stereocenters. The zero-order valence-corrected chi connectivity index (χ0v) is 11.6. The van der Waals surface area contributed by atoms with Gasteiger partial charge in [-0.25, -0.2) is 0 Å². The first-order valence-corrected chi connectivity index (χ1v) is 6.52. The number of hydrogen-bond acceptors (Lipinski definition) is 7. The third-order valence-electron chi connectivity index (χ3n) is 3.50. The minimum absolute atomic E-state index is 0.154. The minimum atomic E-state index is -1.41. The Kier molecular flexibility index (Phi) is 4.43. The van der Waals surface area contributed by atoms with E-state index in [1.54, 1.807) is 13.0 Å². The number of rotatable bonds is 3. The summed E-state index contributed by atoms with van der Waals surface area (Å²) in [6.07, 6.45) is -5.79. The fourth-order valence-corrected chi connectivity index (χ4v) is 2.24. The molecule has 8 nitrogen and oxygen atoms in total. The van der Waals surface area contributed by atoms with Crippen LogP contribution in [0.25, 0.3) is 0 Å². The monoisotopic (exact) mass is 298 g/mol.